The van der Waals surface area contributed by atoms with Gasteiger partial charge in [-0.3, -0.25) is 4.90 Å². The van der Waals surface area contributed by atoms with Gasteiger partial charge in [-0.25, -0.2) is 0 Å². The van der Waals surface area contributed by atoms with E-state index >= 15 is 0 Å². The predicted octanol–water partition coefficient (Wildman–Crippen LogP) is 1.10. The Morgan fingerprint density at radius 1 is 1.50 bits per heavy atom. The first kappa shape index (κ1) is 9.95. The molecule has 1 aliphatic carbocycles. The molecule has 2 unspecified atom stereocenters. The van der Waals surface area contributed by atoms with E-state index in [-0.39, 0.29) is 5.41 Å². The van der Waals surface area contributed by atoms with Crippen molar-refractivity contribution in [3.63, 3.8) is 0 Å². The zero-order valence-electron chi connectivity index (χ0n) is 8.87. The number of rotatable bonds is 2. The second-order valence-electron chi connectivity index (χ2n) is 5.01. The fourth-order valence-electron chi connectivity index (χ4n) is 2.28. The summed E-state index contributed by atoms with van der Waals surface area (Å²) in [6.45, 7) is 4.17. The highest BCUT2D eigenvalue weighted by Crippen LogP contribution is 2.46. The summed E-state index contributed by atoms with van der Waals surface area (Å²) in [5.41, 5.74) is 5.93. The number of hydrogen-bond donors (Lipinski definition) is 1. The van der Waals surface area contributed by atoms with Crippen molar-refractivity contribution >= 4 is 0 Å². The third-order valence-electron chi connectivity index (χ3n) is 3.64. The molecule has 1 aliphatic heterocycles. The second kappa shape index (κ2) is 3.52. The number of nitriles is 1. The molecule has 3 nitrogen and oxygen atoms in total. The maximum atomic E-state index is 9.03. The molecular formula is C11H19N3. The second-order valence-corrected chi connectivity index (χ2v) is 5.01. The zero-order chi connectivity index (χ0) is 10.2. The van der Waals surface area contributed by atoms with Gasteiger partial charge in [0.05, 0.1) is 11.5 Å². The third-order valence-corrected chi connectivity index (χ3v) is 3.64. The SMILES string of the molecule is CC1CCC(N)CN1CC1(C#N)CC1. The summed E-state index contributed by atoms with van der Waals surface area (Å²) in [5.74, 6) is 0. The van der Waals surface area contributed by atoms with Crippen molar-refractivity contribution in [1.29, 1.82) is 5.26 Å². The first-order chi connectivity index (χ1) is 6.65. The number of nitrogens with two attached hydrogens (primary N) is 1. The average molecular weight is 193 g/mol. The van der Waals surface area contributed by atoms with E-state index in [1.807, 2.05) is 0 Å². The van der Waals surface area contributed by atoms with Gasteiger partial charge >= 0.3 is 0 Å². The smallest absolute Gasteiger partial charge is 0.0703 e. The van der Waals surface area contributed by atoms with Crippen LogP contribution in [0.1, 0.15) is 32.6 Å². The normalized spacial score (nSPS) is 36.4. The summed E-state index contributed by atoms with van der Waals surface area (Å²) in [6.07, 6.45) is 4.49. The van der Waals surface area contributed by atoms with Crippen LogP contribution in [-0.4, -0.2) is 30.1 Å². The van der Waals surface area contributed by atoms with Crippen LogP contribution >= 0.6 is 0 Å². The standard InChI is InChI=1S/C11H19N3/c1-9-2-3-10(13)6-14(9)8-11(7-12)4-5-11/h9-10H,2-6,8,13H2,1H3. The number of hydrogen-bond acceptors (Lipinski definition) is 3. The van der Waals surface area contributed by atoms with Crippen LogP contribution in [0.15, 0.2) is 0 Å². The van der Waals surface area contributed by atoms with Crippen molar-refractivity contribution < 1.29 is 0 Å². The summed E-state index contributed by atoms with van der Waals surface area (Å²) >= 11 is 0. The lowest BCUT2D eigenvalue weighted by Crippen LogP contribution is -2.49. The van der Waals surface area contributed by atoms with Crippen LogP contribution in [0.25, 0.3) is 0 Å². The summed E-state index contributed by atoms with van der Waals surface area (Å²) in [4.78, 5) is 2.41. The van der Waals surface area contributed by atoms with E-state index in [1.165, 1.54) is 6.42 Å². The maximum Gasteiger partial charge on any atom is 0.0703 e. The van der Waals surface area contributed by atoms with Crippen molar-refractivity contribution in [1.82, 2.24) is 4.90 Å². The highest BCUT2D eigenvalue weighted by Gasteiger charge is 2.45. The monoisotopic (exact) mass is 193 g/mol. The van der Waals surface area contributed by atoms with Gasteiger partial charge in [-0.1, -0.05) is 0 Å². The quantitative estimate of drug-likeness (QED) is 0.714. The largest absolute Gasteiger partial charge is 0.327 e. The van der Waals surface area contributed by atoms with Gasteiger partial charge in [0, 0.05) is 25.2 Å². The number of nitrogens with zero attached hydrogens (tertiary/aromatic N) is 2. The summed E-state index contributed by atoms with van der Waals surface area (Å²) in [6, 6.07) is 3.38. The van der Waals surface area contributed by atoms with E-state index in [0.717, 1.165) is 32.4 Å². The summed E-state index contributed by atoms with van der Waals surface area (Å²) < 4.78 is 0. The first-order valence-electron chi connectivity index (χ1n) is 5.56. The van der Waals surface area contributed by atoms with Gasteiger partial charge in [0.15, 0.2) is 0 Å². The van der Waals surface area contributed by atoms with Crippen LogP contribution in [0.2, 0.25) is 0 Å². The summed E-state index contributed by atoms with van der Waals surface area (Å²) in [5, 5.41) is 9.03. The van der Waals surface area contributed by atoms with Gasteiger partial charge in [-0.05, 0) is 32.6 Å². The van der Waals surface area contributed by atoms with Crippen molar-refractivity contribution in [2.24, 2.45) is 11.1 Å². The average Bonchev–Trinajstić information content (AvgIpc) is 2.92. The van der Waals surface area contributed by atoms with Gasteiger partial charge in [0.2, 0.25) is 0 Å². The molecular weight excluding hydrogens is 174 g/mol. The van der Waals surface area contributed by atoms with E-state index in [1.54, 1.807) is 0 Å². The maximum absolute atomic E-state index is 9.03. The van der Waals surface area contributed by atoms with Gasteiger partial charge in [-0.15, -0.1) is 0 Å². The lowest BCUT2D eigenvalue weighted by Gasteiger charge is -2.37. The molecule has 14 heavy (non-hydrogen) atoms. The zero-order valence-corrected chi connectivity index (χ0v) is 8.87. The Morgan fingerprint density at radius 3 is 2.79 bits per heavy atom. The molecule has 1 heterocycles. The molecule has 2 atom stereocenters. The molecule has 2 rings (SSSR count). The molecule has 0 aromatic heterocycles. The Hall–Kier alpha value is -0.590. The third kappa shape index (κ3) is 1.92. The van der Waals surface area contributed by atoms with E-state index in [2.05, 4.69) is 17.9 Å². The molecule has 0 radical (unpaired) electrons. The highest BCUT2D eigenvalue weighted by atomic mass is 15.2. The molecule has 0 amide bonds. The van der Waals surface area contributed by atoms with Crippen LogP contribution in [0.5, 0.6) is 0 Å². The van der Waals surface area contributed by atoms with Crippen molar-refractivity contribution in [3.8, 4) is 6.07 Å². The Kier molecular flexibility index (Phi) is 2.50. The van der Waals surface area contributed by atoms with Crippen LogP contribution in [0, 0.1) is 16.7 Å². The molecule has 3 heteroatoms. The highest BCUT2D eigenvalue weighted by molar-refractivity contribution is 5.11. The molecule has 0 aromatic carbocycles. The van der Waals surface area contributed by atoms with Crippen LogP contribution in [0.4, 0.5) is 0 Å². The van der Waals surface area contributed by atoms with E-state index in [4.69, 9.17) is 11.0 Å². The molecule has 0 spiro atoms. The number of likely N-dealkylation sites (tertiary alicyclic amines) is 1. The molecule has 2 fully saturated rings. The van der Waals surface area contributed by atoms with Crippen molar-refractivity contribution in [2.45, 2.75) is 44.7 Å². The van der Waals surface area contributed by atoms with Crippen LogP contribution in [0.3, 0.4) is 0 Å². The minimum atomic E-state index is -0.00861. The fourth-order valence-corrected chi connectivity index (χ4v) is 2.28. The van der Waals surface area contributed by atoms with Gasteiger partial charge in [0.25, 0.3) is 0 Å². The lowest BCUT2D eigenvalue weighted by molar-refractivity contribution is 0.128. The Bertz CT molecular complexity index is 252. The van der Waals surface area contributed by atoms with Crippen molar-refractivity contribution in [2.75, 3.05) is 13.1 Å². The minimum Gasteiger partial charge on any atom is -0.327 e. The Labute approximate surface area is 85.9 Å². The molecule has 2 N–H and O–H groups in total. The minimum absolute atomic E-state index is 0.00861. The molecule has 78 valence electrons. The summed E-state index contributed by atoms with van der Waals surface area (Å²) in [7, 11) is 0. The Balaban J connectivity index is 1.93. The molecule has 0 bridgehead atoms. The number of piperidine rings is 1. The molecule has 0 aromatic rings. The van der Waals surface area contributed by atoms with Crippen LogP contribution < -0.4 is 5.73 Å². The fraction of sp³-hybridized carbons (Fsp3) is 0.909. The first-order valence-corrected chi connectivity index (χ1v) is 5.56. The van der Waals surface area contributed by atoms with E-state index in [9.17, 15) is 0 Å². The van der Waals surface area contributed by atoms with Gasteiger partial charge < -0.3 is 5.73 Å². The van der Waals surface area contributed by atoms with Crippen molar-refractivity contribution in [3.05, 3.63) is 0 Å². The molecule has 1 saturated heterocycles. The Morgan fingerprint density at radius 2 is 2.21 bits per heavy atom. The van der Waals surface area contributed by atoms with E-state index in [0.29, 0.717) is 12.1 Å². The molecule has 2 aliphatic rings. The van der Waals surface area contributed by atoms with Gasteiger partial charge in [-0.2, -0.15) is 5.26 Å². The predicted molar refractivity (Wildman–Crippen MR) is 55.5 cm³/mol. The van der Waals surface area contributed by atoms with Crippen LogP contribution in [-0.2, 0) is 0 Å². The topological polar surface area (TPSA) is 53.0 Å². The van der Waals surface area contributed by atoms with E-state index < -0.39 is 0 Å². The molecule has 1 saturated carbocycles. The van der Waals surface area contributed by atoms with Gasteiger partial charge in [0.1, 0.15) is 0 Å². The lowest BCUT2D eigenvalue weighted by atomic mass is 9.97.